The maximum absolute atomic E-state index is 13.1. The van der Waals surface area contributed by atoms with Gasteiger partial charge in [0, 0.05) is 0 Å². The first kappa shape index (κ1) is 18.9. The molecule has 1 N–H and O–H groups in total. The molecule has 0 aromatic heterocycles. The van der Waals surface area contributed by atoms with Crippen molar-refractivity contribution >= 4 is 9.84 Å². The van der Waals surface area contributed by atoms with Crippen LogP contribution >= 0.6 is 0 Å². The molecule has 2 atom stereocenters. The maximum Gasteiger partial charge on any atom is 0.163 e. The molecule has 0 saturated heterocycles. The molecule has 0 radical (unpaired) electrons. The number of aliphatic hydroxyl groups is 1. The number of benzene rings is 1. The number of rotatable bonds is 5. The largest absolute Gasteiger partial charge is 0.387 e. The Morgan fingerprint density at radius 3 is 2.05 bits per heavy atom. The van der Waals surface area contributed by atoms with Gasteiger partial charge in [-0.3, -0.25) is 0 Å². The van der Waals surface area contributed by atoms with E-state index in [-0.39, 0.29) is 6.42 Å². The van der Waals surface area contributed by atoms with Gasteiger partial charge < -0.3 is 5.11 Å². The SMILES string of the molecule is CC(C)=C[C@@H](O)[C@](C)(Cc1ccccc1)S(=O)(=O)C(C)(C)C. The van der Waals surface area contributed by atoms with E-state index in [1.54, 1.807) is 33.8 Å². The predicted molar refractivity (Wildman–Crippen MR) is 92.7 cm³/mol. The summed E-state index contributed by atoms with van der Waals surface area (Å²) in [6.45, 7) is 10.4. The molecule has 1 aromatic rings. The molecule has 1 rings (SSSR count). The molecule has 0 aliphatic carbocycles. The van der Waals surface area contributed by atoms with Crippen molar-refractivity contribution in [2.45, 2.75) is 63.6 Å². The molecule has 4 heteroatoms. The van der Waals surface area contributed by atoms with E-state index in [9.17, 15) is 13.5 Å². The fraction of sp³-hybridized carbons (Fsp3) is 0.556. The van der Waals surface area contributed by atoms with Crippen LogP contribution in [0.2, 0.25) is 0 Å². The average molecular weight is 324 g/mol. The van der Waals surface area contributed by atoms with E-state index in [2.05, 4.69) is 0 Å². The van der Waals surface area contributed by atoms with Gasteiger partial charge in [0.2, 0.25) is 0 Å². The third-order valence-electron chi connectivity index (χ3n) is 3.93. The van der Waals surface area contributed by atoms with Crippen LogP contribution in [0.1, 0.15) is 47.1 Å². The van der Waals surface area contributed by atoms with Crippen LogP contribution in [-0.2, 0) is 16.3 Å². The summed E-state index contributed by atoms with van der Waals surface area (Å²) in [5, 5.41) is 10.6. The Balaban J connectivity index is 3.42. The Morgan fingerprint density at radius 1 is 1.14 bits per heavy atom. The van der Waals surface area contributed by atoms with Crippen LogP contribution in [0.5, 0.6) is 0 Å². The zero-order chi connectivity index (χ0) is 17.2. The second-order valence-electron chi connectivity index (χ2n) is 7.28. The molecule has 3 nitrogen and oxygen atoms in total. The summed E-state index contributed by atoms with van der Waals surface area (Å²) in [6, 6.07) is 9.45. The maximum atomic E-state index is 13.1. The number of allylic oxidation sites excluding steroid dienone is 1. The highest BCUT2D eigenvalue weighted by atomic mass is 32.2. The van der Waals surface area contributed by atoms with Crippen molar-refractivity contribution in [3.05, 3.63) is 47.5 Å². The van der Waals surface area contributed by atoms with Crippen LogP contribution < -0.4 is 0 Å². The van der Waals surface area contributed by atoms with Crippen molar-refractivity contribution in [2.24, 2.45) is 0 Å². The number of hydrogen-bond acceptors (Lipinski definition) is 3. The standard InChI is InChI=1S/C18H28O3S/c1-14(2)12-16(19)18(6,22(20,21)17(3,4)5)13-15-10-8-7-9-11-15/h7-12,16,19H,13H2,1-6H3/t16-,18+/m1/s1. The zero-order valence-corrected chi connectivity index (χ0v) is 15.2. The molecule has 0 heterocycles. The van der Waals surface area contributed by atoms with Gasteiger partial charge in [-0.15, -0.1) is 0 Å². The Morgan fingerprint density at radius 2 is 1.64 bits per heavy atom. The fourth-order valence-electron chi connectivity index (χ4n) is 2.55. The third kappa shape index (κ3) is 3.79. The Kier molecular flexibility index (Phi) is 5.63. The first-order chi connectivity index (χ1) is 9.92. The van der Waals surface area contributed by atoms with E-state index >= 15 is 0 Å². The molecule has 0 fully saturated rings. The highest BCUT2D eigenvalue weighted by molar-refractivity contribution is 7.94. The lowest BCUT2D eigenvalue weighted by molar-refractivity contribution is 0.172. The van der Waals surface area contributed by atoms with Crippen LogP contribution in [0.25, 0.3) is 0 Å². The summed E-state index contributed by atoms with van der Waals surface area (Å²) in [5.41, 5.74) is 1.80. The van der Waals surface area contributed by atoms with Gasteiger partial charge in [-0.25, -0.2) is 8.42 Å². The molecule has 0 aliphatic heterocycles. The normalized spacial score (nSPS) is 16.7. The summed E-state index contributed by atoms with van der Waals surface area (Å²) in [6.07, 6.45) is 0.854. The van der Waals surface area contributed by atoms with Crippen LogP contribution in [-0.4, -0.2) is 29.1 Å². The van der Waals surface area contributed by atoms with Gasteiger partial charge in [0.1, 0.15) is 4.75 Å². The number of hydrogen-bond donors (Lipinski definition) is 1. The minimum absolute atomic E-state index is 0.276. The lowest BCUT2D eigenvalue weighted by atomic mass is 9.93. The fourth-order valence-corrected chi connectivity index (χ4v) is 4.69. The Hall–Kier alpha value is -1.13. The van der Waals surface area contributed by atoms with Gasteiger partial charge in [0.15, 0.2) is 9.84 Å². The van der Waals surface area contributed by atoms with Gasteiger partial charge >= 0.3 is 0 Å². The molecule has 22 heavy (non-hydrogen) atoms. The van der Waals surface area contributed by atoms with Gasteiger partial charge in [-0.05, 0) is 53.5 Å². The lowest BCUT2D eigenvalue weighted by Crippen LogP contribution is -2.54. The summed E-state index contributed by atoms with van der Waals surface area (Å²) in [4.78, 5) is 0. The van der Waals surface area contributed by atoms with Crippen molar-refractivity contribution in [1.82, 2.24) is 0 Å². The smallest absolute Gasteiger partial charge is 0.163 e. The molecule has 0 aliphatic rings. The summed E-state index contributed by atoms with van der Waals surface area (Å²) in [7, 11) is -3.58. The molecule has 0 bridgehead atoms. The van der Waals surface area contributed by atoms with E-state index in [1.165, 1.54) is 0 Å². The van der Waals surface area contributed by atoms with Gasteiger partial charge in [-0.2, -0.15) is 0 Å². The molecule has 1 aromatic carbocycles. The third-order valence-corrected chi connectivity index (χ3v) is 7.16. The van der Waals surface area contributed by atoms with Gasteiger partial charge in [0.05, 0.1) is 10.9 Å². The van der Waals surface area contributed by atoms with Crippen molar-refractivity contribution in [1.29, 1.82) is 0 Å². The number of sulfone groups is 1. The monoisotopic (exact) mass is 324 g/mol. The van der Waals surface area contributed by atoms with E-state index in [0.29, 0.717) is 0 Å². The van der Waals surface area contributed by atoms with Crippen molar-refractivity contribution < 1.29 is 13.5 Å². The van der Waals surface area contributed by atoms with E-state index in [4.69, 9.17) is 0 Å². The van der Waals surface area contributed by atoms with Crippen molar-refractivity contribution in [3.8, 4) is 0 Å². The Labute approximate surface area is 135 Å². The lowest BCUT2D eigenvalue weighted by Gasteiger charge is -2.38. The second kappa shape index (κ2) is 6.55. The molecule has 0 saturated carbocycles. The molecular weight excluding hydrogens is 296 g/mol. The highest BCUT2D eigenvalue weighted by Gasteiger charge is 2.50. The molecule has 0 spiro atoms. The molecular formula is C18H28O3S. The Bertz CT molecular complexity index is 620. The van der Waals surface area contributed by atoms with Crippen molar-refractivity contribution in [3.63, 3.8) is 0 Å². The first-order valence-corrected chi connectivity index (χ1v) is 9.01. The second-order valence-corrected chi connectivity index (χ2v) is 10.4. The van der Waals surface area contributed by atoms with E-state index < -0.39 is 25.4 Å². The van der Waals surface area contributed by atoms with E-state index in [1.807, 2.05) is 44.2 Å². The van der Waals surface area contributed by atoms with Crippen LogP contribution in [0.4, 0.5) is 0 Å². The van der Waals surface area contributed by atoms with Crippen LogP contribution in [0, 0.1) is 0 Å². The summed E-state index contributed by atoms with van der Waals surface area (Å²) in [5.74, 6) is 0. The van der Waals surface area contributed by atoms with Crippen LogP contribution in [0.15, 0.2) is 42.0 Å². The van der Waals surface area contributed by atoms with Crippen molar-refractivity contribution in [2.75, 3.05) is 0 Å². The van der Waals surface area contributed by atoms with E-state index in [0.717, 1.165) is 11.1 Å². The zero-order valence-electron chi connectivity index (χ0n) is 14.4. The van der Waals surface area contributed by atoms with Crippen LogP contribution in [0.3, 0.4) is 0 Å². The van der Waals surface area contributed by atoms with Gasteiger partial charge in [0.25, 0.3) is 0 Å². The van der Waals surface area contributed by atoms with Gasteiger partial charge in [-0.1, -0.05) is 42.0 Å². The minimum atomic E-state index is -3.58. The first-order valence-electron chi connectivity index (χ1n) is 7.53. The summed E-state index contributed by atoms with van der Waals surface area (Å²) >= 11 is 0. The quantitative estimate of drug-likeness (QED) is 0.843. The average Bonchev–Trinajstić information content (AvgIpc) is 2.37. The number of aliphatic hydroxyl groups excluding tert-OH is 1. The molecule has 124 valence electrons. The summed E-state index contributed by atoms with van der Waals surface area (Å²) < 4.78 is 24.0. The topological polar surface area (TPSA) is 54.4 Å². The predicted octanol–water partition coefficient (Wildman–Crippen LogP) is 3.53. The molecule has 0 unspecified atom stereocenters. The molecule has 0 amide bonds. The minimum Gasteiger partial charge on any atom is -0.387 e. The highest BCUT2D eigenvalue weighted by Crippen LogP contribution is 2.35.